The van der Waals surface area contributed by atoms with Crippen molar-refractivity contribution in [3.05, 3.63) is 35.1 Å². The Morgan fingerprint density at radius 1 is 0.846 bits per heavy atom. The summed E-state index contributed by atoms with van der Waals surface area (Å²) in [7, 11) is 0. The molecule has 1 aromatic carbocycles. The zero-order chi connectivity index (χ0) is 19.4. The highest BCUT2D eigenvalue weighted by Crippen LogP contribution is 2.18. The van der Waals surface area contributed by atoms with E-state index in [2.05, 4.69) is 20.8 Å². The van der Waals surface area contributed by atoms with Crippen LogP contribution in [0.4, 0.5) is 13.2 Å². The summed E-state index contributed by atoms with van der Waals surface area (Å²) in [5, 5.41) is 0. The minimum Gasteiger partial charge on any atom is -0.378 e. The van der Waals surface area contributed by atoms with Crippen molar-refractivity contribution < 1.29 is 17.9 Å². The smallest absolute Gasteiger partial charge is 0.194 e. The average molecular weight is 373 g/mol. The van der Waals surface area contributed by atoms with Gasteiger partial charge in [0, 0.05) is 6.61 Å². The van der Waals surface area contributed by atoms with Crippen molar-refractivity contribution >= 4 is 0 Å². The summed E-state index contributed by atoms with van der Waals surface area (Å²) in [5.41, 5.74) is 0.501. The molecule has 150 valence electrons. The van der Waals surface area contributed by atoms with E-state index >= 15 is 0 Å². The molecule has 0 aliphatic carbocycles. The third kappa shape index (κ3) is 9.07. The number of hydrogen-bond donors (Lipinski definition) is 0. The molecule has 4 heteroatoms. The lowest BCUT2D eigenvalue weighted by Gasteiger charge is -2.18. The first-order valence-corrected chi connectivity index (χ1v) is 10.2. The molecule has 0 aliphatic rings. The molecule has 1 aromatic rings. The van der Waals surface area contributed by atoms with Crippen molar-refractivity contribution in [1.82, 2.24) is 0 Å². The lowest BCUT2D eigenvalue weighted by molar-refractivity contribution is 0.0371. The lowest BCUT2D eigenvalue weighted by atomic mass is 9.99. The normalized spacial score (nSPS) is 13.8. The van der Waals surface area contributed by atoms with Crippen LogP contribution in [0.5, 0.6) is 0 Å². The Morgan fingerprint density at radius 3 is 2.12 bits per heavy atom. The summed E-state index contributed by atoms with van der Waals surface area (Å²) >= 11 is 0. The van der Waals surface area contributed by atoms with Crippen LogP contribution in [-0.4, -0.2) is 12.7 Å². The highest BCUT2D eigenvalue weighted by atomic mass is 19.2. The van der Waals surface area contributed by atoms with Crippen molar-refractivity contribution in [2.75, 3.05) is 6.61 Å². The minimum absolute atomic E-state index is 0.197. The van der Waals surface area contributed by atoms with Gasteiger partial charge in [-0.15, -0.1) is 0 Å². The van der Waals surface area contributed by atoms with E-state index in [-0.39, 0.29) is 6.10 Å². The Hall–Kier alpha value is -1.03. The fourth-order valence-corrected chi connectivity index (χ4v) is 3.40. The second-order valence-electron chi connectivity index (χ2n) is 7.44. The Kier molecular flexibility index (Phi) is 11.7. The standard InChI is InChI=1S/C22H35F3O/c1-4-9-17(3)11-6-7-14-26-19(10-5-2)13-8-12-18-15-20(23)22(25)21(24)16-18/h15-17,19H,4-14H2,1-3H3. The summed E-state index contributed by atoms with van der Waals surface area (Å²) in [5.74, 6) is -2.82. The highest BCUT2D eigenvalue weighted by molar-refractivity contribution is 5.19. The van der Waals surface area contributed by atoms with Gasteiger partial charge in [0.15, 0.2) is 17.5 Å². The van der Waals surface area contributed by atoms with E-state index in [0.717, 1.165) is 56.8 Å². The molecule has 0 aliphatic heterocycles. The highest BCUT2D eigenvalue weighted by Gasteiger charge is 2.12. The van der Waals surface area contributed by atoms with E-state index in [1.807, 2.05) is 0 Å². The van der Waals surface area contributed by atoms with Gasteiger partial charge in [-0.2, -0.15) is 0 Å². The van der Waals surface area contributed by atoms with Crippen LogP contribution >= 0.6 is 0 Å². The van der Waals surface area contributed by atoms with E-state index in [0.29, 0.717) is 12.0 Å². The Morgan fingerprint density at radius 2 is 1.50 bits per heavy atom. The van der Waals surface area contributed by atoms with Gasteiger partial charge >= 0.3 is 0 Å². The molecule has 0 fully saturated rings. The number of hydrogen-bond acceptors (Lipinski definition) is 1. The van der Waals surface area contributed by atoms with Crippen molar-refractivity contribution in [3.8, 4) is 0 Å². The van der Waals surface area contributed by atoms with Gasteiger partial charge in [0.25, 0.3) is 0 Å². The van der Waals surface area contributed by atoms with E-state index in [1.54, 1.807) is 0 Å². The van der Waals surface area contributed by atoms with Gasteiger partial charge in [0.2, 0.25) is 0 Å². The molecule has 0 spiro atoms. The summed E-state index contributed by atoms with van der Waals surface area (Å²) in [4.78, 5) is 0. The Labute approximate surface area is 157 Å². The van der Waals surface area contributed by atoms with Crippen molar-refractivity contribution in [2.24, 2.45) is 5.92 Å². The number of aryl methyl sites for hydroxylation is 1. The fourth-order valence-electron chi connectivity index (χ4n) is 3.40. The van der Waals surface area contributed by atoms with Crippen LogP contribution < -0.4 is 0 Å². The third-order valence-corrected chi connectivity index (χ3v) is 4.87. The first-order chi connectivity index (χ1) is 12.5. The Balaban J connectivity index is 2.28. The maximum atomic E-state index is 13.3. The zero-order valence-electron chi connectivity index (χ0n) is 16.6. The van der Waals surface area contributed by atoms with Crippen LogP contribution in [0.25, 0.3) is 0 Å². The van der Waals surface area contributed by atoms with E-state index in [9.17, 15) is 13.2 Å². The average Bonchev–Trinajstić information content (AvgIpc) is 2.59. The maximum absolute atomic E-state index is 13.3. The molecule has 0 aromatic heterocycles. The van der Waals surface area contributed by atoms with Gasteiger partial charge in [-0.1, -0.05) is 52.9 Å². The lowest BCUT2D eigenvalue weighted by Crippen LogP contribution is -2.14. The predicted octanol–water partition coefficient (Wildman–Crippen LogP) is 7.22. The molecular weight excluding hydrogens is 337 g/mol. The largest absolute Gasteiger partial charge is 0.378 e. The minimum atomic E-state index is -1.39. The Bertz CT molecular complexity index is 481. The van der Waals surface area contributed by atoms with E-state index in [4.69, 9.17) is 4.74 Å². The third-order valence-electron chi connectivity index (χ3n) is 4.87. The molecule has 0 amide bonds. The molecule has 0 radical (unpaired) electrons. The molecule has 0 heterocycles. The van der Waals surface area contributed by atoms with Crippen LogP contribution in [0.2, 0.25) is 0 Å². The molecule has 2 unspecified atom stereocenters. The fraction of sp³-hybridized carbons (Fsp3) is 0.727. The SMILES string of the molecule is CCCC(C)CCCCOC(CCC)CCCc1cc(F)c(F)c(F)c1. The number of halogens is 3. The molecule has 0 bridgehead atoms. The van der Waals surface area contributed by atoms with E-state index < -0.39 is 17.5 Å². The molecular formula is C22H35F3O. The van der Waals surface area contributed by atoms with Gasteiger partial charge in [-0.05, 0) is 55.7 Å². The quantitative estimate of drug-likeness (QED) is 0.247. The predicted molar refractivity (Wildman–Crippen MR) is 102 cm³/mol. The molecule has 1 rings (SSSR count). The molecule has 2 atom stereocenters. The summed E-state index contributed by atoms with van der Waals surface area (Å²) in [6.07, 6.45) is 10.5. The second-order valence-corrected chi connectivity index (χ2v) is 7.44. The molecule has 0 N–H and O–H groups in total. The number of benzene rings is 1. The van der Waals surface area contributed by atoms with Crippen LogP contribution in [-0.2, 0) is 11.2 Å². The van der Waals surface area contributed by atoms with Crippen LogP contribution in [0.3, 0.4) is 0 Å². The zero-order valence-corrected chi connectivity index (χ0v) is 16.6. The first kappa shape index (κ1) is 23.0. The molecule has 1 nitrogen and oxygen atoms in total. The van der Waals surface area contributed by atoms with Crippen LogP contribution in [0.1, 0.15) is 84.1 Å². The topological polar surface area (TPSA) is 9.23 Å². The maximum Gasteiger partial charge on any atom is 0.194 e. The van der Waals surface area contributed by atoms with Gasteiger partial charge in [-0.25, -0.2) is 13.2 Å². The number of unbranched alkanes of at least 4 members (excludes halogenated alkanes) is 1. The van der Waals surface area contributed by atoms with Crippen LogP contribution in [0.15, 0.2) is 12.1 Å². The van der Waals surface area contributed by atoms with Crippen LogP contribution in [0, 0.1) is 23.4 Å². The molecule has 26 heavy (non-hydrogen) atoms. The second kappa shape index (κ2) is 13.2. The van der Waals surface area contributed by atoms with E-state index in [1.165, 1.54) is 25.7 Å². The first-order valence-electron chi connectivity index (χ1n) is 10.2. The van der Waals surface area contributed by atoms with Crippen molar-refractivity contribution in [1.29, 1.82) is 0 Å². The summed E-state index contributed by atoms with van der Waals surface area (Å²) in [6, 6.07) is 2.18. The molecule has 0 saturated heterocycles. The number of rotatable bonds is 14. The van der Waals surface area contributed by atoms with Crippen molar-refractivity contribution in [2.45, 2.75) is 91.1 Å². The van der Waals surface area contributed by atoms with Gasteiger partial charge in [0.05, 0.1) is 6.10 Å². The monoisotopic (exact) mass is 372 g/mol. The molecule has 0 saturated carbocycles. The van der Waals surface area contributed by atoms with Gasteiger partial charge in [-0.3, -0.25) is 0 Å². The van der Waals surface area contributed by atoms with Gasteiger partial charge < -0.3 is 4.74 Å². The summed E-state index contributed by atoms with van der Waals surface area (Å²) < 4.78 is 45.5. The van der Waals surface area contributed by atoms with Crippen molar-refractivity contribution in [3.63, 3.8) is 0 Å². The summed E-state index contributed by atoms with van der Waals surface area (Å²) in [6.45, 7) is 7.45. The number of ether oxygens (including phenoxy) is 1. The van der Waals surface area contributed by atoms with Gasteiger partial charge in [0.1, 0.15) is 0 Å².